The van der Waals surface area contributed by atoms with Crippen LogP contribution in [0, 0.1) is 0 Å². The number of nitrogens with zero attached hydrogens (tertiary/aromatic N) is 1. The summed E-state index contributed by atoms with van der Waals surface area (Å²) >= 11 is 0. The van der Waals surface area contributed by atoms with Crippen molar-refractivity contribution in [1.82, 2.24) is 10.2 Å². The Morgan fingerprint density at radius 1 is 1.05 bits per heavy atom. The van der Waals surface area contributed by atoms with Crippen molar-refractivity contribution in [3.63, 3.8) is 0 Å². The first-order valence-corrected chi connectivity index (χ1v) is 7.39. The van der Waals surface area contributed by atoms with Crippen LogP contribution in [0.15, 0.2) is 30.3 Å². The highest BCUT2D eigenvalue weighted by molar-refractivity contribution is 5.89. The zero-order valence-electron chi connectivity index (χ0n) is 11.4. The third-order valence-corrected chi connectivity index (χ3v) is 4.57. The third kappa shape index (κ3) is 2.27. The van der Waals surface area contributed by atoms with E-state index < -0.39 is 0 Å². The molecule has 1 amide bonds. The number of hydrogen-bond acceptors (Lipinski definition) is 2. The topological polar surface area (TPSA) is 32.3 Å². The molecular weight excluding hydrogens is 236 g/mol. The minimum Gasteiger partial charge on any atom is -0.341 e. The molecule has 1 heterocycles. The second-order valence-electron chi connectivity index (χ2n) is 5.70. The maximum atomic E-state index is 13.0. The molecule has 19 heavy (non-hydrogen) atoms. The average molecular weight is 258 g/mol. The van der Waals surface area contributed by atoms with Crippen LogP contribution in [-0.2, 0) is 10.2 Å². The van der Waals surface area contributed by atoms with Crippen LogP contribution in [0.4, 0.5) is 0 Å². The van der Waals surface area contributed by atoms with E-state index in [2.05, 4.69) is 22.3 Å². The highest BCUT2D eigenvalue weighted by Crippen LogP contribution is 2.45. The first kappa shape index (κ1) is 12.7. The zero-order chi connectivity index (χ0) is 13.1. The van der Waals surface area contributed by atoms with E-state index in [1.807, 2.05) is 18.2 Å². The van der Waals surface area contributed by atoms with Gasteiger partial charge in [-0.05, 0) is 31.4 Å². The number of nitrogens with one attached hydrogen (secondary N) is 1. The van der Waals surface area contributed by atoms with Gasteiger partial charge in [-0.3, -0.25) is 4.79 Å². The van der Waals surface area contributed by atoms with Gasteiger partial charge < -0.3 is 10.2 Å². The molecule has 1 N–H and O–H groups in total. The normalized spacial score (nSPS) is 22.4. The molecule has 3 nitrogen and oxygen atoms in total. The number of hydrogen-bond donors (Lipinski definition) is 1. The van der Waals surface area contributed by atoms with Gasteiger partial charge in [-0.2, -0.15) is 0 Å². The summed E-state index contributed by atoms with van der Waals surface area (Å²) in [5.74, 6) is 0.355. The molecule has 1 saturated heterocycles. The molecule has 1 aliphatic carbocycles. The molecule has 3 rings (SSSR count). The Kier molecular flexibility index (Phi) is 3.56. The van der Waals surface area contributed by atoms with Gasteiger partial charge in [0.25, 0.3) is 0 Å². The molecule has 1 aromatic carbocycles. The van der Waals surface area contributed by atoms with Gasteiger partial charge in [0.2, 0.25) is 5.91 Å². The summed E-state index contributed by atoms with van der Waals surface area (Å²) in [4.78, 5) is 15.0. The Bertz CT molecular complexity index is 431. The maximum Gasteiger partial charge on any atom is 0.233 e. The first-order valence-electron chi connectivity index (χ1n) is 7.39. The number of amides is 1. The Morgan fingerprint density at radius 2 is 1.84 bits per heavy atom. The number of carbonyl (C=O) groups excluding carboxylic acids is 1. The summed E-state index contributed by atoms with van der Waals surface area (Å²) in [5, 5.41) is 3.37. The van der Waals surface area contributed by atoms with E-state index in [4.69, 9.17) is 0 Å². The van der Waals surface area contributed by atoms with E-state index in [0.29, 0.717) is 5.91 Å². The lowest BCUT2D eigenvalue weighted by Crippen LogP contribution is -2.51. The van der Waals surface area contributed by atoms with Crippen molar-refractivity contribution < 1.29 is 4.79 Å². The fourth-order valence-electron chi connectivity index (χ4n) is 3.27. The predicted octanol–water partition coefficient (Wildman–Crippen LogP) is 1.93. The number of rotatable bonds is 2. The predicted molar refractivity (Wildman–Crippen MR) is 76.0 cm³/mol. The quantitative estimate of drug-likeness (QED) is 0.879. The summed E-state index contributed by atoms with van der Waals surface area (Å²) in [6, 6.07) is 10.4. The van der Waals surface area contributed by atoms with Gasteiger partial charge >= 0.3 is 0 Å². The monoisotopic (exact) mass is 258 g/mol. The zero-order valence-corrected chi connectivity index (χ0v) is 11.4. The SMILES string of the molecule is O=C(N1CCCNCC1)C1(c2ccccc2)CCC1. The minimum atomic E-state index is -0.217. The smallest absolute Gasteiger partial charge is 0.233 e. The van der Waals surface area contributed by atoms with Crippen LogP contribution in [0.3, 0.4) is 0 Å². The summed E-state index contributed by atoms with van der Waals surface area (Å²) in [5.41, 5.74) is 0.995. The van der Waals surface area contributed by atoms with Crippen molar-refractivity contribution in [3.05, 3.63) is 35.9 Å². The highest BCUT2D eigenvalue weighted by atomic mass is 16.2. The average Bonchev–Trinajstić information content (AvgIpc) is 2.67. The lowest BCUT2D eigenvalue weighted by Gasteiger charge is -2.43. The number of benzene rings is 1. The molecule has 0 bridgehead atoms. The summed E-state index contributed by atoms with van der Waals surface area (Å²) < 4.78 is 0. The van der Waals surface area contributed by atoms with Crippen LogP contribution in [-0.4, -0.2) is 37.0 Å². The third-order valence-electron chi connectivity index (χ3n) is 4.57. The summed E-state index contributed by atoms with van der Waals surface area (Å²) in [6.07, 6.45) is 4.27. The van der Waals surface area contributed by atoms with Crippen LogP contribution >= 0.6 is 0 Å². The summed E-state index contributed by atoms with van der Waals surface area (Å²) in [6.45, 7) is 3.71. The van der Waals surface area contributed by atoms with E-state index in [-0.39, 0.29) is 5.41 Å². The van der Waals surface area contributed by atoms with Crippen LogP contribution in [0.25, 0.3) is 0 Å². The van der Waals surface area contributed by atoms with E-state index in [9.17, 15) is 4.79 Å². The van der Waals surface area contributed by atoms with Crippen LogP contribution in [0.1, 0.15) is 31.2 Å². The molecule has 2 fully saturated rings. The standard InChI is InChI=1S/C16H22N2O/c19-15(18-12-5-10-17-11-13-18)16(8-4-9-16)14-6-2-1-3-7-14/h1-3,6-7,17H,4-5,8-13H2. The molecule has 0 aromatic heterocycles. The van der Waals surface area contributed by atoms with Crippen molar-refractivity contribution in [2.45, 2.75) is 31.1 Å². The molecule has 0 atom stereocenters. The number of carbonyl (C=O) groups is 1. The molecule has 1 aromatic rings. The lowest BCUT2D eigenvalue weighted by atomic mass is 9.63. The van der Waals surface area contributed by atoms with Crippen LogP contribution in [0.2, 0.25) is 0 Å². The molecule has 0 unspecified atom stereocenters. The van der Waals surface area contributed by atoms with Crippen molar-refractivity contribution in [2.75, 3.05) is 26.2 Å². The van der Waals surface area contributed by atoms with Crippen molar-refractivity contribution in [3.8, 4) is 0 Å². The van der Waals surface area contributed by atoms with Gasteiger partial charge in [0.15, 0.2) is 0 Å². The highest BCUT2D eigenvalue weighted by Gasteiger charge is 2.47. The summed E-state index contributed by atoms with van der Waals surface area (Å²) in [7, 11) is 0. The molecular formula is C16H22N2O. The van der Waals surface area contributed by atoms with Gasteiger partial charge in [0, 0.05) is 19.6 Å². The maximum absolute atomic E-state index is 13.0. The van der Waals surface area contributed by atoms with Gasteiger partial charge in [0.1, 0.15) is 0 Å². The van der Waals surface area contributed by atoms with Crippen molar-refractivity contribution in [1.29, 1.82) is 0 Å². The lowest BCUT2D eigenvalue weighted by molar-refractivity contribution is -0.140. The molecule has 1 aliphatic heterocycles. The second-order valence-corrected chi connectivity index (χ2v) is 5.70. The largest absolute Gasteiger partial charge is 0.341 e. The van der Waals surface area contributed by atoms with E-state index in [1.54, 1.807) is 0 Å². The van der Waals surface area contributed by atoms with Crippen molar-refractivity contribution >= 4 is 5.91 Å². The van der Waals surface area contributed by atoms with Gasteiger partial charge in [-0.25, -0.2) is 0 Å². The molecule has 0 radical (unpaired) electrons. The van der Waals surface area contributed by atoms with Crippen LogP contribution < -0.4 is 5.32 Å². The van der Waals surface area contributed by atoms with Gasteiger partial charge in [-0.1, -0.05) is 36.8 Å². The van der Waals surface area contributed by atoms with E-state index in [1.165, 1.54) is 12.0 Å². The molecule has 2 aliphatic rings. The van der Waals surface area contributed by atoms with E-state index in [0.717, 1.165) is 45.4 Å². The molecule has 102 valence electrons. The van der Waals surface area contributed by atoms with E-state index >= 15 is 0 Å². The fourth-order valence-corrected chi connectivity index (χ4v) is 3.27. The molecule has 3 heteroatoms. The minimum absolute atomic E-state index is 0.217. The molecule has 0 spiro atoms. The van der Waals surface area contributed by atoms with Crippen LogP contribution in [0.5, 0.6) is 0 Å². The molecule has 1 saturated carbocycles. The Balaban J connectivity index is 1.83. The fraction of sp³-hybridized carbons (Fsp3) is 0.562. The Labute approximate surface area is 115 Å². The Morgan fingerprint density at radius 3 is 2.53 bits per heavy atom. The van der Waals surface area contributed by atoms with Gasteiger partial charge in [-0.15, -0.1) is 0 Å². The Hall–Kier alpha value is -1.35. The van der Waals surface area contributed by atoms with Gasteiger partial charge in [0.05, 0.1) is 5.41 Å². The second kappa shape index (κ2) is 5.33. The first-order chi connectivity index (χ1) is 9.33. The van der Waals surface area contributed by atoms with Crippen molar-refractivity contribution in [2.24, 2.45) is 0 Å².